The summed E-state index contributed by atoms with van der Waals surface area (Å²) in [6.45, 7) is 0.620. The van der Waals surface area contributed by atoms with Gasteiger partial charge in [0.2, 0.25) is 10.0 Å². The van der Waals surface area contributed by atoms with E-state index in [4.69, 9.17) is 5.11 Å². The number of rotatable bonds is 4. The highest BCUT2D eigenvalue weighted by molar-refractivity contribution is 7.89. The van der Waals surface area contributed by atoms with Crippen molar-refractivity contribution in [1.29, 1.82) is 0 Å². The fourth-order valence-electron chi connectivity index (χ4n) is 2.28. The van der Waals surface area contributed by atoms with Crippen LogP contribution in [-0.2, 0) is 14.8 Å². The van der Waals surface area contributed by atoms with Crippen LogP contribution in [0, 0.1) is 5.92 Å². The van der Waals surface area contributed by atoms with Crippen molar-refractivity contribution in [3.8, 4) is 0 Å². The number of carboxylic acid groups (broad SMARTS) is 1. The van der Waals surface area contributed by atoms with Gasteiger partial charge in [0.25, 0.3) is 0 Å². The number of carboxylic acids is 1. The van der Waals surface area contributed by atoms with Gasteiger partial charge in [-0.05, 0) is 32.0 Å². The summed E-state index contributed by atoms with van der Waals surface area (Å²) in [6.07, 6.45) is 2.31. The second-order valence-corrected chi connectivity index (χ2v) is 7.03. The van der Waals surface area contributed by atoms with E-state index in [9.17, 15) is 18.0 Å². The molecule has 1 saturated heterocycles. The molecule has 10 heteroatoms. The molecular formula is C13H18N4O5S. The highest BCUT2D eigenvalue weighted by Gasteiger charge is 2.28. The molecule has 0 saturated carbocycles. The van der Waals surface area contributed by atoms with Crippen molar-refractivity contribution in [2.75, 3.05) is 25.5 Å². The molecule has 23 heavy (non-hydrogen) atoms. The Labute approximate surface area is 133 Å². The lowest BCUT2D eigenvalue weighted by atomic mass is 9.99. The number of carbonyl (C=O) groups excluding carboxylic acids is 1. The van der Waals surface area contributed by atoms with E-state index < -0.39 is 27.9 Å². The third-order valence-electron chi connectivity index (χ3n) is 3.61. The Morgan fingerprint density at radius 2 is 2.13 bits per heavy atom. The molecule has 1 fully saturated rings. The number of urea groups is 1. The number of hydrogen-bond donors (Lipinski definition) is 3. The number of nitrogens with zero attached hydrogens (tertiary/aromatic N) is 2. The summed E-state index contributed by atoms with van der Waals surface area (Å²) in [4.78, 5) is 28.4. The smallest absolute Gasteiger partial charge is 0.323 e. The normalized spacial score (nSPS) is 18.5. The summed E-state index contributed by atoms with van der Waals surface area (Å²) < 4.78 is 25.3. The molecule has 1 unspecified atom stereocenters. The van der Waals surface area contributed by atoms with E-state index in [2.05, 4.69) is 15.0 Å². The van der Waals surface area contributed by atoms with Crippen molar-refractivity contribution < 1.29 is 23.1 Å². The molecule has 0 radical (unpaired) electrons. The number of aromatic nitrogens is 1. The number of pyridine rings is 1. The molecule has 0 aromatic carbocycles. The van der Waals surface area contributed by atoms with Crippen LogP contribution in [0.3, 0.4) is 0 Å². The van der Waals surface area contributed by atoms with Crippen LogP contribution < -0.4 is 10.0 Å². The lowest BCUT2D eigenvalue weighted by Gasteiger charge is -2.30. The number of nitrogens with one attached hydrogen (secondary N) is 2. The minimum absolute atomic E-state index is 0.0121. The summed E-state index contributed by atoms with van der Waals surface area (Å²) >= 11 is 0. The minimum atomic E-state index is -3.58. The van der Waals surface area contributed by atoms with Crippen LogP contribution in [0.25, 0.3) is 0 Å². The third-order valence-corrected chi connectivity index (χ3v) is 5.01. The van der Waals surface area contributed by atoms with Gasteiger partial charge in [0, 0.05) is 19.3 Å². The summed E-state index contributed by atoms with van der Waals surface area (Å²) in [5.41, 5.74) is 0. The highest BCUT2D eigenvalue weighted by atomic mass is 32.2. The second-order valence-electron chi connectivity index (χ2n) is 5.14. The molecule has 0 spiro atoms. The molecule has 1 aromatic rings. The summed E-state index contributed by atoms with van der Waals surface area (Å²) in [6, 6.07) is 2.25. The molecule has 0 aliphatic carbocycles. The monoisotopic (exact) mass is 342 g/mol. The average molecular weight is 342 g/mol. The van der Waals surface area contributed by atoms with Gasteiger partial charge in [-0.2, -0.15) is 0 Å². The lowest BCUT2D eigenvalue weighted by molar-refractivity contribution is -0.143. The maximum atomic E-state index is 12.1. The molecule has 0 bridgehead atoms. The molecule has 1 aliphatic heterocycles. The molecule has 3 N–H and O–H groups in total. The molecule has 2 heterocycles. The van der Waals surface area contributed by atoms with Crippen molar-refractivity contribution in [2.24, 2.45) is 5.92 Å². The van der Waals surface area contributed by atoms with Crippen molar-refractivity contribution >= 4 is 27.8 Å². The number of sulfonamides is 1. The second kappa shape index (κ2) is 6.92. The Morgan fingerprint density at radius 1 is 1.39 bits per heavy atom. The maximum Gasteiger partial charge on any atom is 0.323 e. The molecule has 126 valence electrons. The molecule has 9 nitrogen and oxygen atoms in total. The van der Waals surface area contributed by atoms with Crippen molar-refractivity contribution in [1.82, 2.24) is 14.6 Å². The van der Waals surface area contributed by atoms with Crippen LogP contribution in [0.4, 0.5) is 10.6 Å². The van der Waals surface area contributed by atoms with E-state index in [0.717, 1.165) is 6.20 Å². The fraction of sp³-hybridized carbons (Fsp3) is 0.462. The molecule has 1 atom stereocenters. The van der Waals surface area contributed by atoms with Gasteiger partial charge in [-0.1, -0.05) is 0 Å². The predicted octanol–water partition coefficient (Wildman–Crippen LogP) is 0.318. The number of piperidine rings is 1. The van der Waals surface area contributed by atoms with E-state index in [-0.39, 0.29) is 17.3 Å². The SMILES string of the molecule is CNS(=O)(=O)c1ccc(NC(=O)N2CCCC(C(=O)O)C2)nc1. The fourth-order valence-corrected chi connectivity index (χ4v) is 2.96. The van der Waals surface area contributed by atoms with Crippen LogP contribution in [-0.4, -0.2) is 55.5 Å². The Morgan fingerprint density at radius 3 is 2.70 bits per heavy atom. The van der Waals surface area contributed by atoms with E-state index in [1.54, 1.807) is 0 Å². The van der Waals surface area contributed by atoms with Crippen LogP contribution in [0.15, 0.2) is 23.2 Å². The number of hydrogen-bond acceptors (Lipinski definition) is 5. The first kappa shape index (κ1) is 17.2. The standard InChI is InChI=1S/C13H18N4O5S/c1-14-23(21,22)10-4-5-11(15-7-10)16-13(20)17-6-2-3-9(8-17)12(18)19/h4-5,7,9,14H,2-3,6,8H2,1H3,(H,18,19)(H,15,16,20). The van der Waals surface area contributed by atoms with E-state index in [1.807, 2.05) is 0 Å². The molecule has 1 aromatic heterocycles. The van der Waals surface area contributed by atoms with Gasteiger partial charge in [-0.3, -0.25) is 10.1 Å². The van der Waals surface area contributed by atoms with Gasteiger partial charge in [0.15, 0.2) is 0 Å². The van der Waals surface area contributed by atoms with Gasteiger partial charge in [0.1, 0.15) is 10.7 Å². The first-order valence-electron chi connectivity index (χ1n) is 7.02. The zero-order valence-electron chi connectivity index (χ0n) is 12.5. The van der Waals surface area contributed by atoms with E-state index in [1.165, 1.54) is 24.1 Å². The van der Waals surface area contributed by atoms with Crippen LogP contribution in [0.2, 0.25) is 0 Å². The quantitative estimate of drug-likeness (QED) is 0.723. The average Bonchev–Trinajstić information content (AvgIpc) is 2.55. The Hall–Kier alpha value is -2.20. The summed E-state index contributed by atoms with van der Waals surface area (Å²) in [5.74, 6) is -1.28. The largest absolute Gasteiger partial charge is 0.481 e. The van der Waals surface area contributed by atoms with Gasteiger partial charge in [0.05, 0.1) is 5.92 Å². The highest BCUT2D eigenvalue weighted by Crippen LogP contribution is 2.18. The van der Waals surface area contributed by atoms with Crippen molar-refractivity contribution in [3.05, 3.63) is 18.3 Å². The zero-order valence-corrected chi connectivity index (χ0v) is 13.3. The van der Waals surface area contributed by atoms with Gasteiger partial charge in [-0.25, -0.2) is 22.9 Å². The van der Waals surface area contributed by atoms with Crippen LogP contribution >= 0.6 is 0 Å². The lowest BCUT2D eigenvalue weighted by Crippen LogP contribution is -2.44. The van der Waals surface area contributed by atoms with E-state index >= 15 is 0 Å². The number of amides is 2. The van der Waals surface area contributed by atoms with Crippen LogP contribution in [0.5, 0.6) is 0 Å². The summed E-state index contributed by atoms with van der Waals surface area (Å²) in [5, 5.41) is 11.6. The Balaban J connectivity index is 2.01. The number of aliphatic carboxylic acids is 1. The third kappa shape index (κ3) is 4.17. The van der Waals surface area contributed by atoms with Crippen molar-refractivity contribution in [2.45, 2.75) is 17.7 Å². The van der Waals surface area contributed by atoms with Gasteiger partial charge in [-0.15, -0.1) is 0 Å². The maximum absolute atomic E-state index is 12.1. The number of carbonyl (C=O) groups is 2. The van der Waals surface area contributed by atoms with Crippen molar-refractivity contribution in [3.63, 3.8) is 0 Å². The topological polar surface area (TPSA) is 129 Å². The summed E-state index contributed by atoms with van der Waals surface area (Å²) in [7, 11) is -2.29. The molecule has 2 rings (SSSR count). The first-order valence-corrected chi connectivity index (χ1v) is 8.50. The number of anilines is 1. The van der Waals surface area contributed by atoms with Gasteiger partial charge < -0.3 is 10.0 Å². The van der Waals surface area contributed by atoms with Crippen LogP contribution in [0.1, 0.15) is 12.8 Å². The zero-order chi connectivity index (χ0) is 17.0. The Bertz CT molecular complexity index is 689. The molecule has 2 amide bonds. The first-order chi connectivity index (χ1) is 10.8. The minimum Gasteiger partial charge on any atom is -0.481 e. The number of likely N-dealkylation sites (tertiary alicyclic amines) is 1. The van der Waals surface area contributed by atoms with Gasteiger partial charge >= 0.3 is 12.0 Å². The predicted molar refractivity (Wildman–Crippen MR) is 81.4 cm³/mol. The molecule has 1 aliphatic rings. The molecular weight excluding hydrogens is 324 g/mol. The Kier molecular flexibility index (Phi) is 5.16. The van der Waals surface area contributed by atoms with E-state index in [0.29, 0.717) is 19.4 Å².